The summed E-state index contributed by atoms with van der Waals surface area (Å²) in [5.41, 5.74) is 1.04. The summed E-state index contributed by atoms with van der Waals surface area (Å²) in [6.07, 6.45) is 2.03. The Kier molecular flexibility index (Phi) is 3.85. The molecule has 1 aromatic rings. The maximum atomic E-state index is 11.7. The standard InChI is InChI=1S/C13H12ClNO4/c14-4-2-1-3-7-5-8(13(18)19)6-9-10(7)12(17)15-11(9)16/h5-6H,1-4H2,(H,18,19)(H,15,16,17). The molecule has 5 nitrogen and oxygen atoms in total. The Morgan fingerprint density at radius 2 is 1.95 bits per heavy atom. The molecule has 0 aliphatic carbocycles. The highest BCUT2D eigenvalue weighted by Gasteiger charge is 2.30. The summed E-state index contributed by atoms with van der Waals surface area (Å²) < 4.78 is 0. The van der Waals surface area contributed by atoms with Gasteiger partial charge in [0.05, 0.1) is 16.7 Å². The van der Waals surface area contributed by atoms with E-state index in [4.69, 9.17) is 16.7 Å². The number of rotatable bonds is 5. The average Bonchev–Trinajstić information content (AvgIpc) is 2.65. The van der Waals surface area contributed by atoms with Crippen LogP contribution in [0.1, 0.15) is 49.5 Å². The molecule has 0 unspecified atom stereocenters. The monoisotopic (exact) mass is 281 g/mol. The largest absolute Gasteiger partial charge is 0.478 e. The minimum absolute atomic E-state index is 0.0180. The van der Waals surface area contributed by atoms with Crippen LogP contribution in [0.15, 0.2) is 12.1 Å². The number of carbonyl (C=O) groups is 3. The molecule has 1 heterocycles. The molecule has 0 fully saturated rings. The van der Waals surface area contributed by atoms with Crippen LogP contribution in [0.4, 0.5) is 0 Å². The number of alkyl halides is 1. The molecule has 0 atom stereocenters. The molecule has 0 bridgehead atoms. The van der Waals surface area contributed by atoms with Gasteiger partial charge in [0.15, 0.2) is 0 Å². The molecule has 2 rings (SSSR count). The van der Waals surface area contributed by atoms with Gasteiger partial charge in [0.1, 0.15) is 0 Å². The van der Waals surface area contributed by atoms with Crippen molar-refractivity contribution in [1.29, 1.82) is 0 Å². The first kappa shape index (κ1) is 13.5. The normalized spacial score (nSPS) is 13.3. The van der Waals surface area contributed by atoms with Crippen molar-refractivity contribution < 1.29 is 19.5 Å². The van der Waals surface area contributed by atoms with Crippen molar-refractivity contribution in [2.75, 3.05) is 5.88 Å². The molecule has 6 heteroatoms. The Labute approximate surface area is 114 Å². The highest BCUT2D eigenvalue weighted by molar-refractivity contribution is 6.22. The first-order valence-corrected chi connectivity index (χ1v) is 6.40. The highest BCUT2D eigenvalue weighted by Crippen LogP contribution is 2.24. The quantitative estimate of drug-likeness (QED) is 0.490. The van der Waals surface area contributed by atoms with Crippen LogP contribution in [0.5, 0.6) is 0 Å². The number of aryl methyl sites for hydroxylation is 1. The second-order valence-electron chi connectivity index (χ2n) is 4.29. The molecule has 100 valence electrons. The fourth-order valence-corrected chi connectivity index (χ4v) is 2.30. The topological polar surface area (TPSA) is 83.5 Å². The minimum Gasteiger partial charge on any atom is -0.478 e. The fraction of sp³-hybridized carbons (Fsp3) is 0.308. The van der Waals surface area contributed by atoms with Gasteiger partial charge in [0.25, 0.3) is 11.8 Å². The summed E-state index contributed by atoms with van der Waals surface area (Å²) in [7, 11) is 0. The van der Waals surface area contributed by atoms with Crippen LogP contribution in [-0.4, -0.2) is 28.8 Å². The van der Waals surface area contributed by atoms with Gasteiger partial charge in [-0.2, -0.15) is 0 Å². The number of nitrogens with one attached hydrogen (secondary N) is 1. The van der Waals surface area contributed by atoms with E-state index >= 15 is 0 Å². The SMILES string of the molecule is O=C(O)c1cc(CCCCCl)c2c(c1)C(=O)NC2=O. The van der Waals surface area contributed by atoms with Crippen LogP contribution >= 0.6 is 11.6 Å². The van der Waals surface area contributed by atoms with Crippen molar-refractivity contribution in [2.24, 2.45) is 0 Å². The average molecular weight is 282 g/mol. The first-order chi connectivity index (χ1) is 9.04. The second kappa shape index (κ2) is 5.40. The lowest BCUT2D eigenvalue weighted by Crippen LogP contribution is -2.20. The van der Waals surface area contributed by atoms with Crippen LogP contribution in [0, 0.1) is 0 Å². The van der Waals surface area contributed by atoms with Gasteiger partial charge in [-0.3, -0.25) is 14.9 Å². The highest BCUT2D eigenvalue weighted by atomic mass is 35.5. The fourth-order valence-electron chi connectivity index (χ4n) is 2.11. The number of benzene rings is 1. The van der Waals surface area contributed by atoms with Crippen LogP contribution in [0.25, 0.3) is 0 Å². The molecule has 0 aromatic heterocycles. The van der Waals surface area contributed by atoms with Crippen molar-refractivity contribution in [3.63, 3.8) is 0 Å². The molecule has 0 spiro atoms. The first-order valence-electron chi connectivity index (χ1n) is 5.86. The number of carboxylic acids is 1. The maximum Gasteiger partial charge on any atom is 0.335 e. The molecule has 1 aromatic carbocycles. The van der Waals surface area contributed by atoms with Crippen molar-refractivity contribution in [3.05, 3.63) is 34.4 Å². The van der Waals surface area contributed by atoms with Crippen LogP contribution in [0.3, 0.4) is 0 Å². The summed E-state index contributed by atoms with van der Waals surface area (Å²) in [6.45, 7) is 0. The van der Waals surface area contributed by atoms with Crippen LogP contribution in [0.2, 0.25) is 0 Å². The van der Waals surface area contributed by atoms with Gasteiger partial charge in [-0.05, 0) is 37.0 Å². The van der Waals surface area contributed by atoms with Gasteiger partial charge in [-0.1, -0.05) is 0 Å². The minimum atomic E-state index is -1.12. The summed E-state index contributed by atoms with van der Waals surface area (Å²) in [5, 5.41) is 11.2. The molecule has 2 N–H and O–H groups in total. The molecule has 0 saturated heterocycles. The predicted molar refractivity (Wildman–Crippen MR) is 68.9 cm³/mol. The number of carbonyl (C=O) groups excluding carboxylic acids is 2. The van der Waals surface area contributed by atoms with Gasteiger partial charge < -0.3 is 5.11 Å². The number of carboxylic acid groups (broad SMARTS) is 1. The Balaban J connectivity index is 2.45. The molecule has 1 aliphatic heterocycles. The van der Waals surface area contributed by atoms with Gasteiger partial charge in [0.2, 0.25) is 0 Å². The molecular weight excluding hydrogens is 270 g/mol. The number of amides is 2. The van der Waals surface area contributed by atoms with Crippen molar-refractivity contribution in [3.8, 4) is 0 Å². The lowest BCUT2D eigenvalue weighted by Gasteiger charge is -2.07. The van der Waals surface area contributed by atoms with Crippen molar-refractivity contribution >= 4 is 29.4 Å². The number of imide groups is 1. The van der Waals surface area contributed by atoms with Gasteiger partial charge in [-0.15, -0.1) is 11.6 Å². The summed E-state index contributed by atoms with van der Waals surface area (Å²) in [6, 6.07) is 2.69. The van der Waals surface area contributed by atoms with E-state index in [0.717, 1.165) is 12.8 Å². The van der Waals surface area contributed by atoms with E-state index in [1.165, 1.54) is 12.1 Å². The molecule has 1 aliphatic rings. The number of halogens is 1. The number of unbranched alkanes of at least 4 members (excludes halogenated alkanes) is 1. The third-order valence-corrected chi connectivity index (χ3v) is 3.26. The smallest absolute Gasteiger partial charge is 0.335 e. The number of fused-ring (bicyclic) bond motifs is 1. The molecule has 0 saturated carbocycles. The second-order valence-corrected chi connectivity index (χ2v) is 4.67. The van der Waals surface area contributed by atoms with E-state index in [0.29, 0.717) is 23.4 Å². The number of hydrogen-bond acceptors (Lipinski definition) is 3. The van der Waals surface area contributed by atoms with Crippen LogP contribution < -0.4 is 5.32 Å². The van der Waals surface area contributed by atoms with Gasteiger partial charge in [0, 0.05) is 5.88 Å². The number of aromatic carboxylic acids is 1. The molecule has 0 radical (unpaired) electrons. The van der Waals surface area contributed by atoms with E-state index < -0.39 is 17.8 Å². The summed E-state index contributed by atoms with van der Waals surface area (Å²) in [5.74, 6) is -1.61. The third kappa shape index (κ3) is 2.61. The van der Waals surface area contributed by atoms with E-state index in [1.54, 1.807) is 0 Å². The Bertz CT molecular complexity index is 568. The Hall–Kier alpha value is -1.88. The van der Waals surface area contributed by atoms with E-state index in [9.17, 15) is 14.4 Å². The predicted octanol–water partition coefficient (Wildman–Crippen LogP) is 1.83. The summed E-state index contributed by atoms with van der Waals surface area (Å²) >= 11 is 5.59. The summed E-state index contributed by atoms with van der Waals surface area (Å²) in [4.78, 5) is 34.3. The van der Waals surface area contributed by atoms with E-state index in [2.05, 4.69) is 5.32 Å². The van der Waals surface area contributed by atoms with Gasteiger partial charge >= 0.3 is 5.97 Å². The van der Waals surface area contributed by atoms with E-state index in [-0.39, 0.29) is 11.1 Å². The molecule has 2 amide bonds. The Morgan fingerprint density at radius 1 is 1.21 bits per heavy atom. The zero-order valence-electron chi connectivity index (χ0n) is 10.0. The lowest BCUT2D eigenvalue weighted by atomic mass is 9.95. The Morgan fingerprint density at radius 3 is 2.58 bits per heavy atom. The van der Waals surface area contributed by atoms with Crippen LogP contribution in [-0.2, 0) is 6.42 Å². The third-order valence-electron chi connectivity index (χ3n) is 3.00. The number of hydrogen-bond donors (Lipinski definition) is 2. The lowest BCUT2D eigenvalue weighted by molar-refractivity contribution is 0.0696. The zero-order chi connectivity index (χ0) is 14.0. The maximum absolute atomic E-state index is 11.7. The van der Waals surface area contributed by atoms with E-state index in [1.807, 2.05) is 0 Å². The molecular formula is C13H12ClNO4. The van der Waals surface area contributed by atoms with Crippen molar-refractivity contribution in [2.45, 2.75) is 19.3 Å². The zero-order valence-corrected chi connectivity index (χ0v) is 10.8. The van der Waals surface area contributed by atoms with Crippen molar-refractivity contribution in [1.82, 2.24) is 5.32 Å². The molecule has 19 heavy (non-hydrogen) atoms. The van der Waals surface area contributed by atoms with Gasteiger partial charge in [-0.25, -0.2) is 4.79 Å².